The van der Waals surface area contributed by atoms with Gasteiger partial charge in [-0.1, -0.05) is 6.07 Å². The number of hydrogen-bond acceptors (Lipinski definition) is 3. The van der Waals surface area contributed by atoms with Crippen molar-refractivity contribution in [2.75, 3.05) is 30.8 Å². The highest BCUT2D eigenvalue weighted by molar-refractivity contribution is 5.74. The van der Waals surface area contributed by atoms with Crippen LogP contribution in [0.5, 0.6) is 5.75 Å². The van der Waals surface area contributed by atoms with Crippen LogP contribution in [0.4, 0.5) is 11.4 Å². The van der Waals surface area contributed by atoms with Crippen LogP contribution in [0.25, 0.3) is 0 Å². The van der Waals surface area contributed by atoms with Gasteiger partial charge in [-0.05, 0) is 37.8 Å². The molecule has 0 radical (unpaired) electrons. The van der Waals surface area contributed by atoms with Crippen molar-refractivity contribution in [2.24, 2.45) is 5.92 Å². The lowest BCUT2D eigenvalue weighted by atomic mass is 10.2. The molecule has 0 saturated heterocycles. The Labute approximate surface area is 97.2 Å². The van der Waals surface area contributed by atoms with E-state index in [4.69, 9.17) is 10.5 Å². The summed E-state index contributed by atoms with van der Waals surface area (Å²) in [7, 11) is 1.66. The lowest BCUT2D eigenvalue weighted by Gasteiger charge is -2.25. The molecule has 0 atom stereocenters. The number of hydrogen-bond donors (Lipinski definition) is 1. The van der Waals surface area contributed by atoms with Gasteiger partial charge in [-0.3, -0.25) is 0 Å². The molecule has 0 bridgehead atoms. The van der Waals surface area contributed by atoms with Gasteiger partial charge in [0.25, 0.3) is 0 Å². The fourth-order valence-corrected chi connectivity index (χ4v) is 2.00. The van der Waals surface area contributed by atoms with Gasteiger partial charge in [0.05, 0.1) is 18.5 Å². The number of methoxy groups -OCH3 is 1. The molecule has 0 spiro atoms. The molecule has 1 fully saturated rings. The zero-order chi connectivity index (χ0) is 11.5. The third-order valence-electron chi connectivity index (χ3n) is 3.16. The summed E-state index contributed by atoms with van der Waals surface area (Å²) in [6.45, 7) is 4.28. The van der Waals surface area contributed by atoms with Crippen molar-refractivity contribution in [3.63, 3.8) is 0 Å². The summed E-state index contributed by atoms with van der Waals surface area (Å²) >= 11 is 0. The van der Waals surface area contributed by atoms with E-state index < -0.39 is 0 Å². The van der Waals surface area contributed by atoms with Crippen molar-refractivity contribution in [3.05, 3.63) is 18.2 Å². The van der Waals surface area contributed by atoms with Crippen LogP contribution >= 0.6 is 0 Å². The summed E-state index contributed by atoms with van der Waals surface area (Å²) in [6, 6.07) is 5.98. The lowest BCUT2D eigenvalue weighted by Crippen LogP contribution is -2.26. The quantitative estimate of drug-likeness (QED) is 0.775. The molecule has 0 amide bonds. The number of nitrogens with two attached hydrogens (primary N) is 1. The highest BCUT2D eigenvalue weighted by Crippen LogP contribution is 2.36. The molecule has 0 unspecified atom stereocenters. The molecular formula is C13H20N2O. The van der Waals surface area contributed by atoms with E-state index in [0.717, 1.165) is 36.1 Å². The Kier molecular flexibility index (Phi) is 3.22. The second kappa shape index (κ2) is 4.64. The minimum atomic E-state index is 0.757. The van der Waals surface area contributed by atoms with Crippen LogP contribution in [0.3, 0.4) is 0 Å². The molecule has 1 aromatic rings. The zero-order valence-corrected chi connectivity index (χ0v) is 10.1. The Hall–Kier alpha value is -1.38. The predicted molar refractivity (Wildman–Crippen MR) is 68.0 cm³/mol. The Bertz CT molecular complexity index is 361. The molecule has 0 heterocycles. The Morgan fingerprint density at radius 1 is 1.44 bits per heavy atom. The average molecular weight is 220 g/mol. The average Bonchev–Trinajstić information content (AvgIpc) is 3.10. The molecule has 2 N–H and O–H groups in total. The minimum absolute atomic E-state index is 0.757. The summed E-state index contributed by atoms with van der Waals surface area (Å²) in [4.78, 5) is 2.34. The zero-order valence-electron chi connectivity index (χ0n) is 10.1. The van der Waals surface area contributed by atoms with Gasteiger partial charge in [-0.15, -0.1) is 0 Å². The predicted octanol–water partition coefficient (Wildman–Crippen LogP) is 2.51. The van der Waals surface area contributed by atoms with E-state index in [2.05, 4.69) is 17.9 Å². The first kappa shape index (κ1) is 11.1. The van der Waals surface area contributed by atoms with Crippen LogP contribution in [0.1, 0.15) is 19.8 Å². The van der Waals surface area contributed by atoms with Gasteiger partial charge in [-0.2, -0.15) is 0 Å². The second-order valence-corrected chi connectivity index (χ2v) is 4.38. The van der Waals surface area contributed by atoms with E-state index in [1.54, 1.807) is 7.11 Å². The van der Waals surface area contributed by atoms with Gasteiger partial charge < -0.3 is 15.4 Å². The van der Waals surface area contributed by atoms with E-state index in [-0.39, 0.29) is 0 Å². The SMILES string of the molecule is CCN(CC1CC1)c1cccc(OC)c1N. The Morgan fingerprint density at radius 3 is 2.75 bits per heavy atom. The topological polar surface area (TPSA) is 38.5 Å². The maximum absolute atomic E-state index is 6.10. The van der Waals surface area contributed by atoms with Gasteiger partial charge >= 0.3 is 0 Å². The van der Waals surface area contributed by atoms with Crippen LogP contribution < -0.4 is 15.4 Å². The van der Waals surface area contributed by atoms with Gasteiger partial charge in [0.15, 0.2) is 0 Å². The number of benzene rings is 1. The molecule has 3 nitrogen and oxygen atoms in total. The second-order valence-electron chi connectivity index (χ2n) is 4.38. The molecule has 2 rings (SSSR count). The maximum atomic E-state index is 6.10. The van der Waals surface area contributed by atoms with Crippen LogP contribution in [0.15, 0.2) is 18.2 Å². The van der Waals surface area contributed by atoms with E-state index in [9.17, 15) is 0 Å². The van der Waals surface area contributed by atoms with Crippen molar-refractivity contribution in [1.29, 1.82) is 0 Å². The molecule has 16 heavy (non-hydrogen) atoms. The Morgan fingerprint density at radius 2 is 2.19 bits per heavy atom. The number of para-hydroxylation sites is 1. The van der Waals surface area contributed by atoms with Crippen LogP contribution in [0, 0.1) is 5.92 Å². The number of ether oxygens (including phenoxy) is 1. The van der Waals surface area contributed by atoms with E-state index in [1.807, 2.05) is 12.1 Å². The third kappa shape index (κ3) is 2.23. The number of anilines is 2. The molecule has 3 heteroatoms. The molecule has 0 aromatic heterocycles. The van der Waals surface area contributed by atoms with Gasteiger partial charge in [0.1, 0.15) is 5.75 Å². The normalized spacial score (nSPS) is 14.9. The lowest BCUT2D eigenvalue weighted by molar-refractivity contribution is 0.417. The van der Waals surface area contributed by atoms with E-state index >= 15 is 0 Å². The minimum Gasteiger partial charge on any atom is -0.495 e. The van der Waals surface area contributed by atoms with Crippen LogP contribution in [-0.4, -0.2) is 20.2 Å². The monoisotopic (exact) mass is 220 g/mol. The summed E-state index contributed by atoms with van der Waals surface area (Å²) in [6.07, 6.45) is 2.72. The molecule has 0 aliphatic heterocycles. The van der Waals surface area contributed by atoms with Crippen LogP contribution in [-0.2, 0) is 0 Å². The van der Waals surface area contributed by atoms with Gasteiger partial charge in [0, 0.05) is 13.1 Å². The van der Waals surface area contributed by atoms with Gasteiger partial charge in [-0.25, -0.2) is 0 Å². The van der Waals surface area contributed by atoms with Crippen molar-refractivity contribution in [1.82, 2.24) is 0 Å². The van der Waals surface area contributed by atoms with E-state index in [0.29, 0.717) is 0 Å². The molecule has 1 saturated carbocycles. The maximum Gasteiger partial charge on any atom is 0.143 e. The summed E-state index contributed by atoms with van der Waals surface area (Å²) in [5, 5.41) is 0. The number of nitrogens with zero attached hydrogens (tertiary/aromatic N) is 1. The first-order chi connectivity index (χ1) is 7.76. The summed E-state index contributed by atoms with van der Waals surface area (Å²) in [5.74, 6) is 1.64. The van der Waals surface area contributed by atoms with Crippen molar-refractivity contribution in [3.8, 4) is 5.75 Å². The van der Waals surface area contributed by atoms with Crippen LogP contribution in [0.2, 0.25) is 0 Å². The molecular weight excluding hydrogens is 200 g/mol. The highest BCUT2D eigenvalue weighted by Gasteiger charge is 2.24. The molecule has 1 aliphatic rings. The first-order valence-corrected chi connectivity index (χ1v) is 5.93. The molecule has 1 aliphatic carbocycles. The highest BCUT2D eigenvalue weighted by atomic mass is 16.5. The molecule has 1 aromatic carbocycles. The summed E-state index contributed by atoms with van der Waals surface area (Å²) in [5.41, 5.74) is 7.96. The molecule has 88 valence electrons. The fourth-order valence-electron chi connectivity index (χ4n) is 2.00. The van der Waals surface area contributed by atoms with E-state index in [1.165, 1.54) is 12.8 Å². The number of nitrogen functional groups attached to an aromatic ring is 1. The smallest absolute Gasteiger partial charge is 0.143 e. The third-order valence-corrected chi connectivity index (χ3v) is 3.16. The van der Waals surface area contributed by atoms with Gasteiger partial charge in [0.2, 0.25) is 0 Å². The van der Waals surface area contributed by atoms with Crippen molar-refractivity contribution < 1.29 is 4.74 Å². The summed E-state index contributed by atoms with van der Waals surface area (Å²) < 4.78 is 5.25. The van der Waals surface area contributed by atoms with Crippen molar-refractivity contribution >= 4 is 11.4 Å². The number of rotatable bonds is 5. The first-order valence-electron chi connectivity index (χ1n) is 5.93. The van der Waals surface area contributed by atoms with Crippen molar-refractivity contribution in [2.45, 2.75) is 19.8 Å². The Balaban J connectivity index is 2.21. The fraction of sp³-hybridized carbons (Fsp3) is 0.538. The standard InChI is InChI=1S/C13H20N2O/c1-3-15(9-10-7-8-10)11-5-4-6-12(16-2)13(11)14/h4-6,10H,3,7-9,14H2,1-2H3. The largest absolute Gasteiger partial charge is 0.495 e.